The number of hydrogen-bond donors (Lipinski definition) is 1. The molecule has 1 amide bonds. The first-order chi connectivity index (χ1) is 7.79. The van der Waals surface area contributed by atoms with Crippen LogP contribution in [0.25, 0.3) is 0 Å². The first-order valence-electron chi connectivity index (χ1n) is 5.45. The summed E-state index contributed by atoms with van der Waals surface area (Å²) in [7, 11) is 0. The van der Waals surface area contributed by atoms with Crippen molar-refractivity contribution in [3.8, 4) is 5.75 Å². The van der Waals surface area contributed by atoms with Crippen molar-refractivity contribution in [1.29, 1.82) is 0 Å². The van der Waals surface area contributed by atoms with Crippen LogP contribution >= 0.6 is 0 Å². The summed E-state index contributed by atoms with van der Waals surface area (Å²) in [6, 6.07) is 7.82. The standard InChI is InChI=1S/C12H15NO3/c1-2-15-10-5-3-4-9(8-10)11-6-7-16-12(14)13-11/h3-5,8,11H,2,6-7H2,1H3,(H,13,14)/t11-/m1/s1. The van der Waals surface area contributed by atoms with Crippen LogP contribution in [0.3, 0.4) is 0 Å². The molecule has 1 N–H and O–H groups in total. The Morgan fingerprint density at radius 1 is 1.56 bits per heavy atom. The first kappa shape index (κ1) is 10.8. The molecule has 1 fully saturated rings. The van der Waals surface area contributed by atoms with Crippen LogP contribution in [0.1, 0.15) is 24.9 Å². The van der Waals surface area contributed by atoms with Crippen LogP contribution in [0.4, 0.5) is 4.79 Å². The molecule has 1 aromatic carbocycles. The predicted octanol–water partition coefficient (Wildman–Crippen LogP) is 2.26. The van der Waals surface area contributed by atoms with Gasteiger partial charge in [-0.2, -0.15) is 0 Å². The van der Waals surface area contributed by atoms with Gasteiger partial charge in [0.25, 0.3) is 0 Å². The second kappa shape index (κ2) is 4.88. The zero-order valence-electron chi connectivity index (χ0n) is 9.23. The number of ether oxygens (including phenoxy) is 2. The van der Waals surface area contributed by atoms with Gasteiger partial charge in [-0.1, -0.05) is 12.1 Å². The van der Waals surface area contributed by atoms with E-state index in [0.29, 0.717) is 13.2 Å². The Labute approximate surface area is 94.6 Å². The van der Waals surface area contributed by atoms with E-state index >= 15 is 0 Å². The summed E-state index contributed by atoms with van der Waals surface area (Å²) in [5.41, 5.74) is 1.06. The average Bonchev–Trinajstić information content (AvgIpc) is 2.30. The molecule has 4 nitrogen and oxygen atoms in total. The second-order valence-corrected chi connectivity index (χ2v) is 3.63. The third kappa shape index (κ3) is 2.45. The highest BCUT2D eigenvalue weighted by molar-refractivity contribution is 5.68. The average molecular weight is 221 g/mol. The Balaban J connectivity index is 2.12. The Kier molecular flexibility index (Phi) is 3.29. The number of nitrogens with one attached hydrogen (secondary N) is 1. The van der Waals surface area contributed by atoms with E-state index in [2.05, 4.69) is 5.32 Å². The molecule has 1 aliphatic rings. The summed E-state index contributed by atoms with van der Waals surface area (Å²) in [4.78, 5) is 11.1. The van der Waals surface area contributed by atoms with Crippen molar-refractivity contribution in [2.75, 3.05) is 13.2 Å². The molecule has 0 aliphatic carbocycles. The summed E-state index contributed by atoms with van der Waals surface area (Å²) < 4.78 is 10.2. The van der Waals surface area contributed by atoms with Crippen molar-refractivity contribution in [3.05, 3.63) is 29.8 Å². The number of hydrogen-bond acceptors (Lipinski definition) is 3. The molecule has 0 spiro atoms. The largest absolute Gasteiger partial charge is 0.494 e. The first-order valence-corrected chi connectivity index (χ1v) is 5.45. The van der Waals surface area contributed by atoms with E-state index in [-0.39, 0.29) is 12.1 Å². The Hall–Kier alpha value is -1.71. The maximum Gasteiger partial charge on any atom is 0.407 e. The number of amides is 1. The van der Waals surface area contributed by atoms with Crippen LogP contribution in [0, 0.1) is 0 Å². The smallest absolute Gasteiger partial charge is 0.407 e. The molecule has 1 aromatic rings. The monoisotopic (exact) mass is 221 g/mol. The summed E-state index contributed by atoms with van der Waals surface area (Å²) >= 11 is 0. The third-order valence-electron chi connectivity index (χ3n) is 2.50. The molecule has 2 rings (SSSR count). The normalized spacial score (nSPS) is 19.8. The molecule has 1 aliphatic heterocycles. The molecular weight excluding hydrogens is 206 g/mol. The van der Waals surface area contributed by atoms with Crippen molar-refractivity contribution in [2.45, 2.75) is 19.4 Å². The van der Waals surface area contributed by atoms with Crippen molar-refractivity contribution in [3.63, 3.8) is 0 Å². The highest BCUT2D eigenvalue weighted by Gasteiger charge is 2.20. The number of carbonyl (C=O) groups excluding carboxylic acids is 1. The highest BCUT2D eigenvalue weighted by Crippen LogP contribution is 2.23. The zero-order chi connectivity index (χ0) is 11.4. The summed E-state index contributed by atoms with van der Waals surface area (Å²) in [6.45, 7) is 3.06. The lowest BCUT2D eigenvalue weighted by atomic mass is 10.0. The molecule has 0 unspecified atom stereocenters. The van der Waals surface area contributed by atoms with E-state index in [4.69, 9.17) is 9.47 Å². The van der Waals surface area contributed by atoms with Gasteiger partial charge in [-0.25, -0.2) is 4.79 Å². The second-order valence-electron chi connectivity index (χ2n) is 3.63. The lowest BCUT2D eigenvalue weighted by Gasteiger charge is -2.23. The van der Waals surface area contributed by atoms with Gasteiger partial charge < -0.3 is 14.8 Å². The van der Waals surface area contributed by atoms with Crippen LogP contribution < -0.4 is 10.1 Å². The molecule has 1 heterocycles. The van der Waals surface area contributed by atoms with Crippen molar-refractivity contribution in [2.24, 2.45) is 0 Å². The Morgan fingerprint density at radius 3 is 3.19 bits per heavy atom. The Bertz CT molecular complexity index is 378. The fourth-order valence-electron chi connectivity index (χ4n) is 1.76. The highest BCUT2D eigenvalue weighted by atomic mass is 16.5. The fourth-order valence-corrected chi connectivity index (χ4v) is 1.76. The zero-order valence-corrected chi connectivity index (χ0v) is 9.23. The third-order valence-corrected chi connectivity index (χ3v) is 2.50. The molecule has 0 bridgehead atoms. The van der Waals surface area contributed by atoms with Gasteiger partial charge >= 0.3 is 6.09 Å². The van der Waals surface area contributed by atoms with Gasteiger partial charge in [0.05, 0.1) is 19.3 Å². The minimum absolute atomic E-state index is 0.0293. The van der Waals surface area contributed by atoms with Crippen LogP contribution in [0.15, 0.2) is 24.3 Å². The molecule has 0 saturated carbocycles. The minimum atomic E-state index is -0.349. The number of alkyl carbamates (subject to hydrolysis) is 1. The molecule has 1 atom stereocenters. The molecule has 16 heavy (non-hydrogen) atoms. The Morgan fingerprint density at radius 2 is 2.44 bits per heavy atom. The van der Waals surface area contributed by atoms with Gasteiger partial charge in [0.1, 0.15) is 5.75 Å². The SMILES string of the molecule is CCOc1cccc([C@H]2CCOC(=O)N2)c1. The van der Waals surface area contributed by atoms with E-state index < -0.39 is 0 Å². The maximum absolute atomic E-state index is 11.1. The number of benzene rings is 1. The van der Waals surface area contributed by atoms with E-state index in [1.54, 1.807) is 0 Å². The van der Waals surface area contributed by atoms with Gasteiger partial charge in [-0.05, 0) is 24.6 Å². The van der Waals surface area contributed by atoms with Crippen LogP contribution in [0.2, 0.25) is 0 Å². The maximum atomic E-state index is 11.1. The van der Waals surface area contributed by atoms with Gasteiger partial charge in [0.2, 0.25) is 0 Å². The molecule has 4 heteroatoms. The van der Waals surface area contributed by atoms with Crippen LogP contribution in [0.5, 0.6) is 5.75 Å². The number of rotatable bonds is 3. The molecule has 0 aromatic heterocycles. The minimum Gasteiger partial charge on any atom is -0.494 e. The lowest BCUT2D eigenvalue weighted by Crippen LogP contribution is -2.35. The topological polar surface area (TPSA) is 47.6 Å². The van der Waals surface area contributed by atoms with Gasteiger partial charge in [-0.15, -0.1) is 0 Å². The van der Waals surface area contributed by atoms with E-state index in [9.17, 15) is 4.79 Å². The number of cyclic esters (lactones) is 1. The fraction of sp³-hybridized carbons (Fsp3) is 0.417. The number of carbonyl (C=O) groups is 1. The molecular formula is C12H15NO3. The van der Waals surface area contributed by atoms with Crippen molar-refractivity contribution >= 4 is 6.09 Å². The van der Waals surface area contributed by atoms with Crippen LogP contribution in [-0.4, -0.2) is 19.3 Å². The van der Waals surface area contributed by atoms with E-state index in [1.165, 1.54) is 0 Å². The van der Waals surface area contributed by atoms with E-state index in [0.717, 1.165) is 17.7 Å². The summed E-state index contributed by atoms with van der Waals surface area (Å²) in [6.07, 6.45) is 0.444. The predicted molar refractivity (Wildman–Crippen MR) is 59.5 cm³/mol. The van der Waals surface area contributed by atoms with Gasteiger partial charge in [0, 0.05) is 6.42 Å². The van der Waals surface area contributed by atoms with Crippen molar-refractivity contribution < 1.29 is 14.3 Å². The summed E-state index contributed by atoms with van der Waals surface area (Å²) in [5.74, 6) is 0.834. The lowest BCUT2D eigenvalue weighted by molar-refractivity contribution is 0.115. The molecule has 0 radical (unpaired) electrons. The van der Waals surface area contributed by atoms with Gasteiger partial charge in [0.15, 0.2) is 0 Å². The molecule has 86 valence electrons. The quantitative estimate of drug-likeness (QED) is 0.851. The van der Waals surface area contributed by atoms with Crippen molar-refractivity contribution in [1.82, 2.24) is 5.32 Å². The van der Waals surface area contributed by atoms with Gasteiger partial charge in [-0.3, -0.25) is 0 Å². The summed E-state index contributed by atoms with van der Waals surface area (Å²) in [5, 5.41) is 2.79. The molecule has 1 saturated heterocycles. The van der Waals surface area contributed by atoms with Crippen LogP contribution in [-0.2, 0) is 4.74 Å². The van der Waals surface area contributed by atoms with E-state index in [1.807, 2.05) is 31.2 Å².